The van der Waals surface area contributed by atoms with Crippen molar-refractivity contribution in [2.75, 3.05) is 11.9 Å². The average Bonchev–Trinajstić information content (AvgIpc) is 2.70. The molecule has 4 heteroatoms. The number of aromatic nitrogens is 2. The average molecular weight is 245 g/mol. The Morgan fingerprint density at radius 2 is 2.24 bits per heavy atom. The minimum absolute atomic E-state index is 0.760. The Balaban J connectivity index is 2.10. The summed E-state index contributed by atoms with van der Waals surface area (Å²) in [5, 5.41) is 3.43. The normalized spacial score (nSPS) is 14.2. The van der Waals surface area contributed by atoms with Gasteiger partial charge in [0.1, 0.15) is 0 Å². The summed E-state index contributed by atoms with van der Waals surface area (Å²) < 4.78 is 2.77. The van der Waals surface area contributed by atoms with Crippen LogP contribution in [0.1, 0.15) is 12.0 Å². The number of anilines is 1. The van der Waals surface area contributed by atoms with E-state index in [2.05, 4.69) is 28.5 Å². The highest BCUT2D eigenvalue weighted by molar-refractivity contribution is 7.71. The van der Waals surface area contributed by atoms with Crippen molar-refractivity contribution in [3.05, 3.63) is 34.7 Å². The molecule has 17 heavy (non-hydrogen) atoms. The number of H-pyrrole nitrogens is 1. The first-order valence-electron chi connectivity index (χ1n) is 5.87. The number of imidazole rings is 1. The van der Waals surface area contributed by atoms with Gasteiger partial charge in [-0.05, 0) is 42.8 Å². The summed E-state index contributed by atoms with van der Waals surface area (Å²) in [5.41, 5.74) is 5.04. The zero-order valence-corrected chi connectivity index (χ0v) is 10.6. The van der Waals surface area contributed by atoms with Crippen molar-refractivity contribution in [1.29, 1.82) is 0 Å². The molecule has 0 atom stereocenters. The van der Waals surface area contributed by atoms with Gasteiger partial charge in [-0.1, -0.05) is 6.07 Å². The van der Waals surface area contributed by atoms with E-state index in [4.69, 9.17) is 12.2 Å². The van der Waals surface area contributed by atoms with E-state index in [9.17, 15) is 0 Å². The molecule has 0 saturated heterocycles. The molecule has 2 heterocycles. The number of aryl methyl sites for hydroxylation is 1. The van der Waals surface area contributed by atoms with Gasteiger partial charge >= 0.3 is 0 Å². The number of aromatic amines is 1. The Hall–Kier alpha value is -1.55. The van der Waals surface area contributed by atoms with Crippen molar-refractivity contribution >= 4 is 17.9 Å². The third-order valence-corrected chi connectivity index (χ3v) is 3.73. The standard InChI is InChI=1S/C13H15N3S/c1-16-12(8-15-13(16)17)10-4-5-11-9(7-10)3-2-6-14-11/h4-5,7-8,14H,2-3,6H2,1H3,(H,15,17). The van der Waals surface area contributed by atoms with Gasteiger partial charge in [0.25, 0.3) is 0 Å². The SMILES string of the molecule is Cn1c(-c2ccc3c(c2)CCCN3)c[nH]c1=S. The highest BCUT2D eigenvalue weighted by Crippen LogP contribution is 2.28. The second-order valence-electron chi connectivity index (χ2n) is 4.44. The summed E-state index contributed by atoms with van der Waals surface area (Å²) in [6.45, 7) is 1.08. The third kappa shape index (κ3) is 1.78. The molecule has 0 amide bonds. The summed E-state index contributed by atoms with van der Waals surface area (Å²) in [5.74, 6) is 0. The van der Waals surface area contributed by atoms with Crippen LogP contribution >= 0.6 is 12.2 Å². The molecule has 2 aromatic rings. The number of fused-ring (bicyclic) bond motifs is 1. The maximum Gasteiger partial charge on any atom is 0.177 e. The van der Waals surface area contributed by atoms with Gasteiger partial charge in [-0.3, -0.25) is 0 Å². The van der Waals surface area contributed by atoms with Gasteiger partial charge in [-0.15, -0.1) is 0 Å². The quantitative estimate of drug-likeness (QED) is 0.757. The van der Waals surface area contributed by atoms with Gasteiger partial charge in [-0.2, -0.15) is 0 Å². The van der Waals surface area contributed by atoms with Crippen LogP contribution in [0, 0.1) is 4.77 Å². The predicted octanol–water partition coefficient (Wildman–Crippen LogP) is 3.11. The van der Waals surface area contributed by atoms with E-state index in [-0.39, 0.29) is 0 Å². The molecule has 0 saturated carbocycles. The highest BCUT2D eigenvalue weighted by Gasteiger charge is 2.10. The molecule has 0 aliphatic carbocycles. The van der Waals surface area contributed by atoms with E-state index in [1.54, 1.807) is 0 Å². The lowest BCUT2D eigenvalue weighted by Gasteiger charge is -2.18. The molecule has 0 fully saturated rings. The fourth-order valence-electron chi connectivity index (χ4n) is 2.34. The molecule has 1 aliphatic heterocycles. The lowest BCUT2D eigenvalue weighted by atomic mass is 10.00. The molecule has 0 unspecified atom stereocenters. The summed E-state index contributed by atoms with van der Waals surface area (Å²) >= 11 is 5.19. The monoisotopic (exact) mass is 245 g/mol. The molecule has 2 N–H and O–H groups in total. The van der Waals surface area contributed by atoms with E-state index < -0.39 is 0 Å². The molecule has 0 spiro atoms. The first kappa shape index (κ1) is 10.6. The van der Waals surface area contributed by atoms with Crippen LogP contribution in [0.15, 0.2) is 24.4 Å². The summed E-state index contributed by atoms with van der Waals surface area (Å²) in [6, 6.07) is 6.58. The number of nitrogens with zero attached hydrogens (tertiary/aromatic N) is 1. The van der Waals surface area contributed by atoms with Gasteiger partial charge < -0.3 is 14.9 Å². The van der Waals surface area contributed by atoms with Gasteiger partial charge in [0.05, 0.1) is 5.69 Å². The zero-order valence-electron chi connectivity index (χ0n) is 9.79. The number of nitrogens with one attached hydrogen (secondary N) is 2. The summed E-state index contributed by atoms with van der Waals surface area (Å²) in [4.78, 5) is 3.08. The van der Waals surface area contributed by atoms with Crippen LogP contribution in [-0.2, 0) is 13.5 Å². The Morgan fingerprint density at radius 1 is 1.35 bits per heavy atom. The van der Waals surface area contributed by atoms with Crippen LogP contribution in [0.25, 0.3) is 11.3 Å². The van der Waals surface area contributed by atoms with Crippen molar-refractivity contribution in [2.24, 2.45) is 7.05 Å². The fourth-order valence-corrected chi connectivity index (χ4v) is 2.50. The zero-order chi connectivity index (χ0) is 11.8. The number of hydrogen-bond acceptors (Lipinski definition) is 2. The minimum Gasteiger partial charge on any atom is -0.385 e. The van der Waals surface area contributed by atoms with E-state index >= 15 is 0 Å². The van der Waals surface area contributed by atoms with E-state index in [1.165, 1.54) is 23.2 Å². The Labute approximate surface area is 105 Å². The van der Waals surface area contributed by atoms with Crippen molar-refractivity contribution in [2.45, 2.75) is 12.8 Å². The fraction of sp³-hybridized carbons (Fsp3) is 0.308. The highest BCUT2D eigenvalue weighted by atomic mass is 32.1. The Kier molecular flexibility index (Phi) is 2.52. The largest absolute Gasteiger partial charge is 0.385 e. The van der Waals surface area contributed by atoms with Crippen LogP contribution in [0.4, 0.5) is 5.69 Å². The summed E-state index contributed by atoms with van der Waals surface area (Å²) in [7, 11) is 1.99. The van der Waals surface area contributed by atoms with Crippen molar-refractivity contribution in [1.82, 2.24) is 9.55 Å². The van der Waals surface area contributed by atoms with Crippen LogP contribution in [-0.4, -0.2) is 16.1 Å². The molecular weight excluding hydrogens is 230 g/mol. The third-order valence-electron chi connectivity index (χ3n) is 3.34. The molecule has 0 radical (unpaired) electrons. The molecule has 88 valence electrons. The topological polar surface area (TPSA) is 32.8 Å². The van der Waals surface area contributed by atoms with Crippen molar-refractivity contribution in [3.63, 3.8) is 0 Å². The maximum atomic E-state index is 5.19. The number of hydrogen-bond donors (Lipinski definition) is 2. The van der Waals surface area contributed by atoms with Crippen LogP contribution in [0.5, 0.6) is 0 Å². The van der Waals surface area contributed by atoms with E-state index in [0.29, 0.717) is 0 Å². The van der Waals surface area contributed by atoms with Crippen LogP contribution < -0.4 is 5.32 Å². The molecule has 1 aliphatic rings. The molecule has 1 aromatic carbocycles. The van der Waals surface area contributed by atoms with Gasteiger partial charge in [0, 0.05) is 31.0 Å². The molecule has 1 aromatic heterocycles. The maximum absolute atomic E-state index is 5.19. The smallest absolute Gasteiger partial charge is 0.177 e. The van der Waals surface area contributed by atoms with Gasteiger partial charge in [0.2, 0.25) is 0 Å². The number of rotatable bonds is 1. The van der Waals surface area contributed by atoms with Crippen molar-refractivity contribution < 1.29 is 0 Å². The Bertz CT molecular complexity index is 609. The molecular formula is C13H15N3S. The van der Waals surface area contributed by atoms with Crippen LogP contribution in [0.3, 0.4) is 0 Å². The predicted molar refractivity (Wildman–Crippen MR) is 72.8 cm³/mol. The summed E-state index contributed by atoms with van der Waals surface area (Å²) in [6.07, 6.45) is 4.34. The second kappa shape index (κ2) is 4.04. The first-order valence-corrected chi connectivity index (χ1v) is 6.28. The lowest BCUT2D eigenvalue weighted by molar-refractivity contribution is 0.830. The molecule has 3 rings (SSSR count). The molecule has 3 nitrogen and oxygen atoms in total. The molecule has 0 bridgehead atoms. The van der Waals surface area contributed by atoms with Crippen molar-refractivity contribution in [3.8, 4) is 11.3 Å². The first-order chi connectivity index (χ1) is 8.25. The lowest BCUT2D eigenvalue weighted by Crippen LogP contribution is -2.11. The van der Waals surface area contributed by atoms with E-state index in [1.807, 2.05) is 17.8 Å². The van der Waals surface area contributed by atoms with Crippen LogP contribution in [0.2, 0.25) is 0 Å². The van der Waals surface area contributed by atoms with E-state index in [0.717, 1.165) is 23.4 Å². The second-order valence-corrected chi connectivity index (χ2v) is 4.83. The van der Waals surface area contributed by atoms with Gasteiger partial charge in [-0.25, -0.2) is 0 Å². The minimum atomic E-state index is 0.760. The number of benzene rings is 1. The van der Waals surface area contributed by atoms with Gasteiger partial charge in [0.15, 0.2) is 4.77 Å². The Morgan fingerprint density at radius 3 is 3.00 bits per heavy atom.